The van der Waals surface area contributed by atoms with Crippen LogP contribution >= 0.6 is 0 Å². The van der Waals surface area contributed by atoms with Crippen molar-refractivity contribution < 1.29 is 9.90 Å². The van der Waals surface area contributed by atoms with Gasteiger partial charge in [-0.25, -0.2) is 0 Å². The number of pyridine rings is 1. The summed E-state index contributed by atoms with van der Waals surface area (Å²) in [5.74, 6) is -0.818. The number of piperazine rings is 1. The highest BCUT2D eigenvalue weighted by Gasteiger charge is 2.31. The van der Waals surface area contributed by atoms with Crippen molar-refractivity contribution in [3.63, 3.8) is 0 Å². The lowest BCUT2D eigenvalue weighted by Gasteiger charge is -2.36. The normalized spacial score (nSPS) is 19.7. The Morgan fingerprint density at radius 3 is 2.61 bits per heavy atom. The van der Waals surface area contributed by atoms with Crippen molar-refractivity contribution in [2.75, 3.05) is 33.2 Å². The van der Waals surface area contributed by atoms with E-state index in [-0.39, 0.29) is 0 Å². The number of likely N-dealkylation sites (N-methyl/N-ethyl adjacent to an activating group) is 1. The van der Waals surface area contributed by atoms with Crippen molar-refractivity contribution in [2.45, 2.75) is 13.0 Å². The Bertz CT molecular complexity index is 428. The number of aryl methyl sites for hydroxylation is 1. The largest absolute Gasteiger partial charge is 0.480 e. The number of hydrogen-bond acceptors (Lipinski definition) is 4. The summed E-state index contributed by atoms with van der Waals surface area (Å²) < 4.78 is 0. The van der Waals surface area contributed by atoms with Crippen molar-refractivity contribution in [2.24, 2.45) is 0 Å². The highest BCUT2D eigenvalue weighted by Crippen LogP contribution is 2.23. The van der Waals surface area contributed by atoms with Crippen LogP contribution in [0.3, 0.4) is 0 Å². The van der Waals surface area contributed by atoms with E-state index in [1.165, 1.54) is 0 Å². The third-order valence-electron chi connectivity index (χ3n) is 3.45. The van der Waals surface area contributed by atoms with Crippen LogP contribution in [0.25, 0.3) is 0 Å². The number of hydrogen-bond donors (Lipinski definition) is 1. The van der Waals surface area contributed by atoms with Gasteiger partial charge in [0.2, 0.25) is 0 Å². The van der Waals surface area contributed by atoms with Gasteiger partial charge < -0.3 is 10.0 Å². The second-order valence-electron chi connectivity index (χ2n) is 4.79. The number of carboxylic acids is 1. The smallest absolute Gasteiger partial charge is 0.327 e. The number of aliphatic carboxylic acids is 1. The van der Waals surface area contributed by atoms with E-state index in [2.05, 4.69) is 16.9 Å². The molecule has 1 saturated heterocycles. The van der Waals surface area contributed by atoms with E-state index in [1.54, 1.807) is 6.20 Å². The van der Waals surface area contributed by atoms with Crippen LogP contribution in [0.1, 0.15) is 17.3 Å². The lowest BCUT2D eigenvalue weighted by Crippen LogP contribution is -2.48. The first-order chi connectivity index (χ1) is 8.59. The third kappa shape index (κ3) is 2.68. The minimum absolute atomic E-state index is 0.625. The maximum atomic E-state index is 11.5. The van der Waals surface area contributed by atoms with E-state index in [0.29, 0.717) is 5.69 Å². The second-order valence-corrected chi connectivity index (χ2v) is 4.79. The number of carbonyl (C=O) groups is 1. The molecule has 0 saturated carbocycles. The molecule has 98 valence electrons. The molecule has 5 heteroatoms. The first-order valence-corrected chi connectivity index (χ1v) is 6.16. The van der Waals surface area contributed by atoms with Crippen molar-refractivity contribution in [3.05, 3.63) is 29.6 Å². The topological polar surface area (TPSA) is 56.7 Å². The molecule has 5 nitrogen and oxygen atoms in total. The molecule has 1 unspecified atom stereocenters. The van der Waals surface area contributed by atoms with Gasteiger partial charge in [0.1, 0.15) is 0 Å². The fourth-order valence-corrected chi connectivity index (χ4v) is 2.31. The van der Waals surface area contributed by atoms with Gasteiger partial charge in [0.15, 0.2) is 6.04 Å². The molecule has 18 heavy (non-hydrogen) atoms. The van der Waals surface area contributed by atoms with Crippen LogP contribution in [0.4, 0.5) is 0 Å². The molecule has 1 N–H and O–H groups in total. The molecule has 2 heterocycles. The fourth-order valence-electron chi connectivity index (χ4n) is 2.31. The molecule has 1 fully saturated rings. The highest BCUT2D eigenvalue weighted by atomic mass is 16.4. The number of nitrogens with zero attached hydrogens (tertiary/aromatic N) is 3. The summed E-state index contributed by atoms with van der Waals surface area (Å²) >= 11 is 0. The molecule has 0 spiro atoms. The van der Waals surface area contributed by atoms with Crippen LogP contribution in [0, 0.1) is 6.92 Å². The Morgan fingerprint density at radius 2 is 2.06 bits per heavy atom. The van der Waals surface area contributed by atoms with Crippen LogP contribution in [-0.2, 0) is 4.79 Å². The van der Waals surface area contributed by atoms with Gasteiger partial charge in [-0.15, -0.1) is 0 Å². The van der Waals surface area contributed by atoms with Gasteiger partial charge in [0.05, 0.1) is 5.69 Å². The summed E-state index contributed by atoms with van der Waals surface area (Å²) in [4.78, 5) is 20.0. The number of aromatic nitrogens is 1. The van der Waals surface area contributed by atoms with Crippen molar-refractivity contribution in [1.29, 1.82) is 0 Å². The van der Waals surface area contributed by atoms with Gasteiger partial charge in [-0.2, -0.15) is 0 Å². The van der Waals surface area contributed by atoms with Crippen molar-refractivity contribution >= 4 is 5.97 Å². The van der Waals surface area contributed by atoms with E-state index < -0.39 is 12.0 Å². The maximum absolute atomic E-state index is 11.5. The predicted molar refractivity (Wildman–Crippen MR) is 68.4 cm³/mol. The summed E-state index contributed by atoms with van der Waals surface area (Å²) in [5, 5.41) is 9.47. The molecule has 1 aliphatic heterocycles. The standard InChI is InChI=1S/C13H19N3O2/c1-10-4-3-5-14-11(10)12(13(17)18)16-8-6-15(2)7-9-16/h3-5,12H,6-9H2,1-2H3,(H,17,18). The van der Waals surface area contributed by atoms with Crippen LogP contribution in [0.2, 0.25) is 0 Å². The Morgan fingerprint density at radius 1 is 1.39 bits per heavy atom. The van der Waals surface area contributed by atoms with E-state index in [1.807, 2.05) is 24.0 Å². The quantitative estimate of drug-likeness (QED) is 0.857. The summed E-state index contributed by atoms with van der Waals surface area (Å²) in [6.45, 7) is 5.24. The van der Waals surface area contributed by atoms with Gasteiger partial charge >= 0.3 is 5.97 Å². The molecular weight excluding hydrogens is 230 g/mol. The summed E-state index contributed by atoms with van der Waals surface area (Å²) in [6.07, 6.45) is 1.66. The predicted octanol–water partition coefficient (Wildman–Crippen LogP) is 0.763. The van der Waals surface area contributed by atoms with Crippen molar-refractivity contribution in [3.8, 4) is 0 Å². The van der Waals surface area contributed by atoms with Crippen LogP contribution in [0.15, 0.2) is 18.3 Å². The lowest BCUT2D eigenvalue weighted by atomic mass is 10.1. The average Bonchev–Trinajstić information content (AvgIpc) is 2.34. The molecule has 0 aliphatic carbocycles. The van der Waals surface area contributed by atoms with E-state index in [4.69, 9.17) is 0 Å². The second kappa shape index (κ2) is 5.46. The molecule has 1 atom stereocenters. The zero-order valence-corrected chi connectivity index (χ0v) is 10.8. The van der Waals surface area contributed by atoms with Gasteiger partial charge in [-0.1, -0.05) is 6.07 Å². The molecular formula is C13H19N3O2. The molecule has 0 bridgehead atoms. The highest BCUT2D eigenvalue weighted by molar-refractivity contribution is 5.75. The van der Waals surface area contributed by atoms with Crippen molar-refractivity contribution in [1.82, 2.24) is 14.8 Å². The average molecular weight is 249 g/mol. The summed E-state index contributed by atoms with van der Waals surface area (Å²) in [5.41, 5.74) is 1.60. The molecule has 1 aliphatic rings. The van der Waals surface area contributed by atoms with Gasteiger partial charge in [-0.05, 0) is 25.6 Å². The SMILES string of the molecule is Cc1cccnc1C(C(=O)O)N1CCN(C)CC1. The van der Waals surface area contributed by atoms with E-state index >= 15 is 0 Å². The zero-order valence-electron chi connectivity index (χ0n) is 10.8. The molecule has 0 amide bonds. The molecule has 1 aromatic heterocycles. The monoisotopic (exact) mass is 249 g/mol. The Balaban J connectivity index is 2.24. The maximum Gasteiger partial charge on any atom is 0.327 e. The summed E-state index contributed by atoms with van der Waals surface area (Å²) in [6, 6.07) is 3.12. The molecule has 1 aromatic rings. The van der Waals surface area contributed by atoms with Crippen LogP contribution in [-0.4, -0.2) is 59.1 Å². The van der Waals surface area contributed by atoms with Gasteiger partial charge in [-0.3, -0.25) is 14.7 Å². The molecule has 0 radical (unpaired) electrons. The first kappa shape index (κ1) is 13.0. The molecule has 2 rings (SSSR count). The first-order valence-electron chi connectivity index (χ1n) is 6.16. The third-order valence-corrected chi connectivity index (χ3v) is 3.45. The lowest BCUT2D eigenvalue weighted by molar-refractivity contribution is -0.144. The van der Waals surface area contributed by atoms with Gasteiger partial charge in [0.25, 0.3) is 0 Å². The van der Waals surface area contributed by atoms with E-state index in [9.17, 15) is 9.90 Å². The van der Waals surface area contributed by atoms with Gasteiger partial charge in [0, 0.05) is 32.4 Å². The zero-order chi connectivity index (χ0) is 13.1. The molecule has 0 aromatic carbocycles. The summed E-state index contributed by atoms with van der Waals surface area (Å²) in [7, 11) is 2.05. The van der Waals surface area contributed by atoms with Crippen LogP contribution in [0.5, 0.6) is 0 Å². The minimum atomic E-state index is -0.818. The number of carboxylic acid groups (broad SMARTS) is 1. The minimum Gasteiger partial charge on any atom is -0.480 e. The Hall–Kier alpha value is -1.46. The van der Waals surface area contributed by atoms with Crippen LogP contribution < -0.4 is 0 Å². The Labute approximate surface area is 107 Å². The number of rotatable bonds is 3. The van der Waals surface area contributed by atoms with E-state index in [0.717, 1.165) is 31.7 Å². The Kier molecular flexibility index (Phi) is 3.93. The fraction of sp³-hybridized carbons (Fsp3) is 0.538.